The standard InChI is InChI=1S/C13H17N3O4/c1-8-6-9(2-4-11(8)16(18)19)15-7-10-3-5-12(20-10)13(14)17/h2,4,6,10,12,15H,3,5,7H2,1H3,(H2,14,17). The Morgan fingerprint density at radius 3 is 2.85 bits per heavy atom. The molecule has 20 heavy (non-hydrogen) atoms. The molecule has 1 fully saturated rings. The lowest BCUT2D eigenvalue weighted by Gasteiger charge is -2.13. The van der Waals surface area contributed by atoms with Gasteiger partial charge in [0.25, 0.3) is 5.69 Å². The largest absolute Gasteiger partial charge is 0.382 e. The summed E-state index contributed by atoms with van der Waals surface area (Å²) in [5.74, 6) is -0.432. The van der Waals surface area contributed by atoms with Crippen LogP contribution in [0.1, 0.15) is 18.4 Å². The molecule has 2 atom stereocenters. The first-order valence-electron chi connectivity index (χ1n) is 6.41. The van der Waals surface area contributed by atoms with Crippen molar-refractivity contribution in [1.82, 2.24) is 0 Å². The molecule has 1 aromatic carbocycles. The molecule has 1 aliphatic rings. The lowest BCUT2D eigenvalue weighted by atomic mass is 10.1. The van der Waals surface area contributed by atoms with E-state index in [9.17, 15) is 14.9 Å². The maximum atomic E-state index is 11.0. The number of anilines is 1. The van der Waals surface area contributed by atoms with Gasteiger partial charge in [0.15, 0.2) is 0 Å². The normalized spacial score (nSPS) is 21.6. The summed E-state index contributed by atoms with van der Waals surface area (Å²) in [5.41, 5.74) is 6.67. The lowest BCUT2D eigenvalue weighted by Crippen LogP contribution is -2.30. The Labute approximate surface area is 116 Å². The number of nitrogens with zero attached hydrogens (tertiary/aromatic N) is 1. The van der Waals surface area contributed by atoms with Gasteiger partial charge in [-0.3, -0.25) is 14.9 Å². The van der Waals surface area contributed by atoms with E-state index in [4.69, 9.17) is 10.5 Å². The van der Waals surface area contributed by atoms with E-state index in [1.165, 1.54) is 6.07 Å². The summed E-state index contributed by atoms with van der Waals surface area (Å²) in [4.78, 5) is 21.3. The van der Waals surface area contributed by atoms with E-state index >= 15 is 0 Å². The molecule has 108 valence electrons. The molecule has 1 amide bonds. The molecule has 1 heterocycles. The van der Waals surface area contributed by atoms with Crippen LogP contribution in [0.4, 0.5) is 11.4 Å². The summed E-state index contributed by atoms with van der Waals surface area (Å²) in [6.45, 7) is 2.24. The van der Waals surface area contributed by atoms with Gasteiger partial charge in [0.1, 0.15) is 6.10 Å². The number of aryl methyl sites for hydroxylation is 1. The van der Waals surface area contributed by atoms with Crippen LogP contribution < -0.4 is 11.1 Å². The molecule has 3 N–H and O–H groups in total. The average molecular weight is 279 g/mol. The van der Waals surface area contributed by atoms with Gasteiger partial charge in [-0.25, -0.2) is 0 Å². The van der Waals surface area contributed by atoms with Crippen molar-refractivity contribution in [1.29, 1.82) is 0 Å². The van der Waals surface area contributed by atoms with Crippen LogP contribution in [-0.4, -0.2) is 29.6 Å². The Hall–Kier alpha value is -2.15. The number of hydrogen-bond acceptors (Lipinski definition) is 5. The molecular formula is C13H17N3O4. The van der Waals surface area contributed by atoms with E-state index in [2.05, 4.69) is 5.32 Å². The van der Waals surface area contributed by atoms with Crippen molar-refractivity contribution in [2.24, 2.45) is 5.73 Å². The number of nitrogens with two attached hydrogens (primary N) is 1. The van der Waals surface area contributed by atoms with Crippen LogP contribution in [0.2, 0.25) is 0 Å². The first-order chi connectivity index (χ1) is 9.47. The number of nitro groups is 1. The molecular weight excluding hydrogens is 262 g/mol. The number of ether oxygens (including phenoxy) is 1. The molecule has 7 nitrogen and oxygen atoms in total. The zero-order valence-corrected chi connectivity index (χ0v) is 11.2. The second-order valence-electron chi connectivity index (χ2n) is 4.87. The second-order valence-corrected chi connectivity index (χ2v) is 4.87. The van der Waals surface area contributed by atoms with Crippen LogP contribution in [0.3, 0.4) is 0 Å². The lowest BCUT2D eigenvalue weighted by molar-refractivity contribution is -0.385. The minimum Gasteiger partial charge on any atom is -0.382 e. The summed E-state index contributed by atoms with van der Waals surface area (Å²) in [6.07, 6.45) is 0.844. The number of carbonyl (C=O) groups excluding carboxylic acids is 1. The van der Waals surface area contributed by atoms with E-state index in [0.717, 1.165) is 12.1 Å². The van der Waals surface area contributed by atoms with Crippen LogP contribution in [0.25, 0.3) is 0 Å². The van der Waals surface area contributed by atoms with E-state index in [1.807, 2.05) is 0 Å². The van der Waals surface area contributed by atoms with Gasteiger partial charge in [-0.15, -0.1) is 0 Å². The fourth-order valence-electron chi connectivity index (χ4n) is 2.27. The van der Waals surface area contributed by atoms with Crippen molar-refractivity contribution < 1.29 is 14.5 Å². The van der Waals surface area contributed by atoms with Crippen molar-refractivity contribution in [3.05, 3.63) is 33.9 Å². The predicted molar refractivity (Wildman–Crippen MR) is 73.4 cm³/mol. The minimum atomic E-state index is -0.500. The molecule has 0 saturated carbocycles. The van der Waals surface area contributed by atoms with Crippen molar-refractivity contribution in [2.45, 2.75) is 32.0 Å². The molecule has 0 radical (unpaired) electrons. The number of rotatable bonds is 5. The van der Waals surface area contributed by atoms with Gasteiger partial charge in [-0.05, 0) is 31.9 Å². The van der Waals surface area contributed by atoms with Gasteiger partial charge in [0, 0.05) is 23.9 Å². The Balaban J connectivity index is 1.90. The molecule has 0 bridgehead atoms. The number of carbonyl (C=O) groups is 1. The number of primary amides is 1. The molecule has 1 aliphatic heterocycles. The van der Waals surface area contributed by atoms with Crippen LogP contribution >= 0.6 is 0 Å². The van der Waals surface area contributed by atoms with E-state index in [1.54, 1.807) is 19.1 Å². The molecule has 2 rings (SSSR count). The van der Waals surface area contributed by atoms with Crippen molar-refractivity contribution in [3.8, 4) is 0 Å². The number of hydrogen-bond donors (Lipinski definition) is 2. The Kier molecular flexibility index (Phi) is 4.19. The first-order valence-corrected chi connectivity index (χ1v) is 6.41. The SMILES string of the molecule is Cc1cc(NCC2CCC(C(N)=O)O2)ccc1[N+](=O)[O-]. The van der Waals surface area contributed by atoms with Crippen LogP contribution in [-0.2, 0) is 9.53 Å². The number of amides is 1. The Bertz CT molecular complexity index is 532. The molecule has 1 aromatic rings. The topological polar surface area (TPSA) is 107 Å². The summed E-state index contributed by atoms with van der Waals surface area (Å²) in [5, 5.41) is 13.9. The summed E-state index contributed by atoms with van der Waals surface area (Å²) in [6, 6.07) is 4.85. The highest BCUT2D eigenvalue weighted by Crippen LogP contribution is 2.23. The number of nitro benzene ring substituents is 1. The third-order valence-corrected chi connectivity index (χ3v) is 3.35. The first kappa shape index (κ1) is 14.3. The smallest absolute Gasteiger partial charge is 0.272 e. The summed E-state index contributed by atoms with van der Waals surface area (Å²) in [7, 11) is 0. The quantitative estimate of drug-likeness (QED) is 0.624. The fourth-order valence-corrected chi connectivity index (χ4v) is 2.27. The third kappa shape index (κ3) is 3.24. The molecule has 1 saturated heterocycles. The van der Waals surface area contributed by atoms with Crippen LogP contribution in [0, 0.1) is 17.0 Å². The minimum absolute atomic E-state index is 0.0667. The Morgan fingerprint density at radius 2 is 2.30 bits per heavy atom. The predicted octanol–water partition coefficient (Wildman–Crippen LogP) is 1.35. The van der Waals surface area contributed by atoms with Gasteiger partial charge < -0.3 is 15.8 Å². The maximum Gasteiger partial charge on any atom is 0.272 e. The van der Waals surface area contributed by atoms with E-state index in [0.29, 0.717) is 18.5 Å². The van der Waals surface area contributed by atoms with Gasteiger partial charge in [0.2, 0.25) is 5.91 Å². The fraction of sp³-hybridized carbons (Fsp3) is 0.462. The van der Waals surface area contributed by atoms with Crippen molar-refractivity contribution in [2.75, 3.05) is 11.9 Å². The summed E-state index contributed by atoms with van der Waals surface area (Å²) >= 11 is 0. The number of benzene rings is 1. The van der Waals surface area contributed by atoms with Crippen LogP contribution in [0.5, 0.6) is 0 Å². The van der Waals surface area contributed by atoms with Crippen LogP contribution in [0.15, 0.2) is 18.2 Å². The zero-order valence-electron chi connectivity index (χ0n) is 11.2. The maximum absolute atomic E-state index is 11.0. The van der Waals surface area contributed by atoms with Crippen molar-refractivity contribution >= 4 is 17.3 Å². The Morgan fingerprint density at radius 1 is 1.55 bits per heavy atom. The zero-order chi connectivity index (χ0) is 14.7. The van der Waals surface area contributed by atoms with E-state index in [-0.39, 0.29) is 11.8 Å². The highest BCUT2D eigenvalue weighted by molar-refractivity contribution is 5.79. The van der Waals surface area contributed by atoms with Crippen molar-refractivity contribution in [3.63, 3.8) is 0 Å². The van der Waals surface area contributed by atoms with Gasteiger partial charge >= 0.3 is 0 Å². The molecule has 0 aliphatic carbocycles. The summed E-state index contributed by atoms with van der Waals surface area (Å²) < 4.78 is 5.49. The average Bonchev–Trinajstić information content (AvgIpc) is 2.85. The molecule has 2 unspecified atom stereocenters. The molecule has 7 heteroatoms. The second kappa shape index (κ2) is 5.87. The monoisotopic (exact) mass is 279 g/mol. The van der Waals surface area contributed by atoms with Gasteiger partial charge in [-0.2, -0.15) is 0 Å². The van der Waals surface area contributed by atoms with E-state index < -0.39 is 16.9 Å². The van der Waals surface area contributed by atoms with Gasteiger partial charge in [-0.1, -0.05) is 0 Å². The molecule has 0 aromatic heterocycles. The van der Waals surface area contributed by atoms with Gasteiger partial charge in [0.05, 0.1) is 11.0 Å². The highest BCUT2D eigenvalue weighted by atomic mass is 16.6. The number of nitrogens with one attached hydrogen (secondary N) is 1. The highest BCUT2D eigenvalue weighted by Gasteiger charge is 2.28. The molecule has 0 spiro atoms. The third-order valence-electron chi connectivity index (χ3n) is 3.35.